The number of hydrogen-bond donors (Lipinski definition) is 6. The zero-order valence-electron chi connectivity index (χ0n) is 16.0. The van der Waals surface area contributed by atoms with Crippen LogP contribution in [0.2, 0.25) is 0 Å². The largest absolute Gasteiger partial charge is 0.389 e. The minimum Gasteiger partial charge on any atom is -0.389 e. The summed E-state index contributed by atoms with van der Waals surface area (Å²) in [5.41, 5.74) is 22.1. The topological polar surface area (TPSA) is 169 Å². The molecule has 10 nitrogen and oxygen atoms in total. The standard InChI is InChI=1S/C16H40N6O4/c17-1-5-21(6-2-18)11-15(23)13-25-9-10-26-14-16(24)12-22(7-3-19)8-4-20/h15-16,23-24H,1-14,17-20H2. The summed E-state index contributed by atoms with van der Waals surface area (Å²) in [7, 11) is 0. The van der Waals surface area contributed by atoms with E-state index in [1.54, 1.807) is 0 Å². The molecule has 2 atom stereocenters. The van der Waals surface area contributed by atoms with E-state index in [0.717, 1.165) is 0 Å². The van der Waals surface area contributed by atoms with Gasteiger partial charge in [0.2, 0.25) is 0 Å². The number of ether oxygens (including phenoxy) is 2. The molecule has 0 heterocycles. The molecule has 0 spiro atoms. The van der Waals surface area contributed by atoms with Crippen LogP contribution in [0.3, 0.4) is 0 Å². The molecule has 0 aromatic carbocycles. The lowest BCUT2D eigenvalue weighted by Gasteiger charge is -2.24. The van der Waals surface area contributed by atoms with Gasteiger partial charge >= 0.3 is 0 Å². The fraction of sp³-hybridized carbons (Fsp3) is 1.00. The molecule has 0 aliphatic rings. The molecule has 0 amide bonds. The minimum atomic E-state index is -0.597. The van der Waals surface area contributed by atoms with E-state index in [4.69, 9.17) is 32.4 Å². The molecule has 0 rings (SSSR count). The van der Waals surface area contributed by atoms with Crippen LogP contribution in [-0.2, 0) is 9.47 Å². The molecule has 158 valence electrons. The molecule has 26 heavy (non-hydrogen) atoms. The van der Waals surface area contributed by atoms with E-state index >= 15 is 0 Å². The van der Waals surface area contributed by atoms with Crippen molar-refractivity contribution in [1.82, 2.24) is 9.80 Å². The van der Waals surface area contributed by atoms with E-state index in [1.165, 1.54) is 0 Å². The smallest absolute Gasteiger partial charge is 0.0900 e. The van der Waals surface area contributed by atoms with Crippen LogP contribution in [0.5, 0.6) is 0 Å². The summed E-state index contributed by atoms with van der Waals surface area (Å²) in [4.78, 5) is 4.02. The van der Waals surface area contributed by atoms with E-state index in [9.17, 15) is 10.2 Å². The van der Waals surface area contributed by atoms with Crippen LogP contribution in [-0.4, -0.2) is 124 Å². The Morgan fingerprint density at radius 1 is 0.615 bits per heavy atom. The van der Waals surface area contributed by atoms with Gasteiger partial charge < -0.3 is 42.6 Å². The fourth-order valence-electron chi connectivity index (χ4n) is 2.58. The highest BCUT2D eigenvalue weighted by molar-refractivity contribution is 4.66. The maximum absolute atomic E-state index is 9.96. The number of aliphatic hydroxyl groups excluding tert-OH is 2. The van der Waals surface area contributed by atoms with Gasteiger partial charge in [-0.2, -0.15) is 0 Å². The fourth-order valence-corrected chi connectivity index (χ4v) is 2.58. The number of rotatable bonds is 19. The molecule has 0 aromatic heterocycles. The number of nitrogens with zero attached hydrogens (tertiary/aromatic N) is 2. The third-order valence-corrected chi connectivity index (χ3v) is 3.71. The predicted molar refractivity (Wildman–Crippen MR) is 103 cm³/mol. The molecule has 2 unspecified atom stereocenters. The molecule has 0 aromatic rings. The summed E-state index contributed by atoms with van der Waals surface area (Å²) < 4.78 is 10.8. The first-order chi connectivity index (χ1) is 12.6. The molecular formula is C16H40N6O4. The van der Waals surface area contributed by atoms with Crippen molar-refractivity contribution in [2.75, 3.05) is 91.9 Å². The Kier molecular flexibility index (Phi) is 17.7. The van der Waals surface area contributed by atoms with Gasteiger partial charge in [-0.3, -0.25) is 9.80 Å². The van der Waals surface area contributed by atoms with Gasteiger partial charge in [-0.1, -0.05) is 0 Å². The highest BCUT2D eigenvalue weighted by Crippen LogP contribution is 1.95. The normalized spacial score (nSPS) is 14.3. The Balaban J connectivity index is 3.72. The van der Waals surface area contributed by atoms with Crippen molar-refractivity contribution in [3.05, 3.63) is 0 Å². The highest BCUT2D eigenvalue weighted by atomic mass is 16.5. The second kappa shape index (κ2) is 18.0. The second-order valence-corrected chi connectivity index (χ2v) is 6.21. The summed E-state index contributed by atoms with van der Waals surface area (Å²) in [5.74, 6) is 0. The van der Waals surface area contributed by atoms with Crippen LogP contribution in [0.15, 0.2) is 0 Å². The molecule has 0 aliphatic carbocycles. The molecule has 0 saturated heterocycles. The molecule has 0 radical (unpaired) electrons. The quantitative estimate of drug-likeness (QED) is 0.122. The van der Waals surface area contributed by atoms with Gasteiger partial charge in [0, 0.05) is 65.4 Å². The van der Waals surface area contributed by atoms with Gasteiger partial charge in [0.05, 0.1) is 38.6 Å². The SMILES string of the molecule is NCCN(CCN)CC(O)COCCOCC(O)CN(CCN)CCN. The minimum absolute atomic E-state index is 0.221. The van der Waals surface area contributed by atoms with E-state index in [2.05, 4.69) is 0 Å². The predicted octanol–water partition coefficient (Wildman–Crippen LogP) is -3.82. The summed E-state index contributed by atoms with van der Waals surface area (Å²) >= 11 is 0. The van der Waals surface area contributed by atoms with Gasteiger partial charge in [0.15, 0.2) is 0 Å². The monoisotopic (exact) mass is 380 g/mol. The van der Waals surface area contributed by atoms with Gasteiger partial charge in [-0.15, -0.1) is 0 Å². The third-order valence-electron chi connectivity index (χ3n) is 3.71. The molecular weight excluding hydrogens is 340 g/mol. The van der Waals surface area contributed by atoms with Gasteiger partial charge in [0.1, 0.15) is 0 Å². The number of hydrogen-bond acceptors (Lipinski definition) is 10. The van der Waals surface area contributed by atoms with E-state index < -0.39 is 12.2 Å². The van der Waals surface area contributed by atoms with Crippen molar-refractivity contribution in [3.8, 4) is 0 Å². The Bertz CT molecular complexity index is 264. The Morgan fingerprint density at radius 3 is 1.19 bits per heavy atom. The summed E-state index contributed by atoms with van der Waals surface area (Å²) in [5, 5.41) is 19.9. The Labute approximate surface area is 157 Å². The Hall–Kier alpha value is -0.400. The summed E-state index contributed by atoms with van der Waals surface area (Å²) in [6, 6.07) is 0. The maximum atomic E-state index is 9.96. The lowest BCUT2D eigenvalue weighted by atomic mass is 10.3. The lowest BCUT2D eigenvalue weighted by Crippen LogP contribution is -2.41. The molecule has 10 N–H and O–H groups in total. The second-order valence-electron chi connectivity index (χ2n) is 6.21. The van der Waals surface area contributed by atoms with E-state index in [-0.39, 0.29) is 13.2 Å². The van der Waals surface area contributed by atoms with Crippen molar-refractivity contribution in [2.24, 2.45) is 22.9 Å². The number of aliphatic hydroxyl groups is 2. The third kappa shape index (κ3) is 14.7. The van der Waals surface area contributed by atoms with Crippen LogP contribution in [0, 0.1) is 0 Å². The van der Waals surface area contributed by atoms with Crippen LogP contribution < -0.4 is 22.9 Å². The molecule has 0 aliphatic heterocycles. The van der Waals surface area contributed by atoms with Crippen LogP contribution in [0.4, 0.5) is 0 Å². The van der Waals surface area contributed by atoms with Gasteiger partial charge in [-0.25, -0.2) is 0 Å². The number of nitrogens with two attached hydrogens (primary N) is 4. The maximum Gasteiger partial charge on any atom is 0.0900 e. The molecule has 0 bridgehead atoms. The molecule has 0 saturated carbocycles. The lowest BCUT2D eigenvalue weighted by molar-refractivity contribution is -0.0277. The highest BCUT2D eigenvalue weighted by Gasteiger charge is 2.12. The average Bonchev–Trinajstić information content (AvgIpc) is 2.59. The summed E-state index contributed by atoms with van der Waals surface area (Å²) in [6.45, 7) is 6.99. The van der Waals surface area contributed by atoms with Crippen molar-refractivity contribution in [2.45, 2.75) is 12.2 Å². The molecule has 0 fully saturated rings. The van der Waals surface area contributed by atoms with Crippen LogP contribution in [0.25, 0.3) is 0 Å². The van der Waals surface area contributed by atoms with Gasteiger partial charge in [-0.05, 0) is 0 Å². The van der Waals surface area contributed by atoms with E-state index in [1.807, 2.05) is 9.80 Å². The van der Waals surface area contributed by atoms with Crippen LogP contribution in [0.1, 0.15) is 0 Å². The van der Waals surface area contributed by atoms with Crippen molar-refractivity contribution in [3.63, 3.8) is 0 Å². The van der Waals surface area contributed by atoms with Crippen molar-refractivity contribution in [1.29, 1.82) is 0 Å². The summed E-state index contributed by atoms with van der Waals surface area (Å²) in [6.07, 6.45) is -1.19. The van der Waals surface area contributed by atoms with Gasteiger partial charge in [0.25, 0.3) is 0 Å². The van der Waals surface area contributed by atoms with Crippen molar-refractivity contribution >= 4 is 0 Å². The first kappa shape index (κ1) is 25.6. The van der Waals surface area contributed by atoms with Crippen LogP contribution >= 0.6 is 0 Å². The molecule has 10 heteroatoms. The average molecular weight is 381 g/mol. The first-order valence-electron chi connectivity index (χ1n) is 9.33. The van der Waals surface area contributed by atoms with E-state index in [0.29, 0.717) is 78.7 Å². The zero-order chi connectivity index (χ0) is 19.6. The van der Waals surface area contributed by atoms with Crippen molar-refractivity contribution < 1.29 is 19.7 Å². The Morgan fingerprint density at radius 2 is 0.923 bits per heavy atom. The first-order valence-corrected chi connectivity index (χ1v) is 9.33. The zero-order valence-corrected chi connectivity index (χ0v) is 16.0.